The Morgan fingerprint density at radius 2 is 1.89 bits per heavy atom. The van der Waals surface area contributed by atoms with Gasteiger partial charge in [0, 0.05) is 23.5 Å². The third-order valence-corrected chi connectivity index (χ3v) is 5.08. The number of hydrogen-bond acceptors (Lipinski definition) is 4. The van der Waals surface area contributed by atoms with Gasteiger partial charge in [0.05, 0.1) is 18.0 Å². The SMILES string of the molecule is Cc1cc(F)cnc1C[N+]#Cc1cccc(C(=O)Nc2cc(Oc3cccnc3)cc(C(F)(F)F)c2)c1. The number of carbonyl (C=O) groups excluding carboxylic acids is 1. The van der Waals surface area contributed by atoms with Crippen molar-refractivity contribution in [3.05, 3.63) is 118 Å². The van der Waals surface area contributed by atoms with Crippen molar-refractivity contribution < 1.29 is 27.1 Å². The Morgan fingerprint density at radius 1 is 1.05 bits per heavy atom. The van der Waals surface area contributed by atoms with Gasteiger partial charge in [-0.1, -0.05) is 10.9 Å². The van der Waals surface area contributed by atoms with Crippen molar-refractivity contribution in [2.45, 2.75) is 19.6 Å². The van der Waals surface area contributed by atoms with E-state index in [1.165, 1.54) is 36.7 Å². The molecule has 6 nitrogen and oxygen atoms in total. The molecule has 2 aromatic carbocycles. The second-order valence-corrected chi connectivity index (χ2v) is 7.91. The minimum Gasteiger partial charge on any atom is -0.456 e. The molecule has 0 unspecified atom stereocenters. The first-order valence-corrected chi connectivity index (χ1v) is 10.9. The van der Waals surface area contributed by atoms with E-state index in [9.17, 15) is 22.4 Å². The maximum atomic E-state index is 13.5. The standard InChI is InChI=1S/C27H18F4N4O2/c1-17-8-21(28)14-34-25(17)16-33-13-18-4-2-5-19(9-18)26(36)35-22-10-20(27(29,30)31)11-24(12-22)37-23-6-3-7-32-15-23/h2-12,14-15H,16H2,1H3/p+1. The number of alkyl halides is 3. The van der Waals surface area contributed by atoms with Crippen molar-refractivity contribution in [1.82, 2.24) is 9.97 Å². The number of aromatic nitrogens is 2. The van der Waals surface area contributed by atoms with Crippen molar-refractivity contribution in [1.29, 1.82) is 0 Å². The molecule has 1 N–H and O–H groups in total. The first-order chi connectivity index (χ1) is 17.7. The minimum absolute atomic E-state index is 0.0976. The van der Waals surface area contributed by atoms with Gasteiger partial charge in [0.1, 0.15) is 28.6 Å². The fourth-order valence-electron chi connectivity index (χ4n) is 3.31. The number of nitrogens with one attached hydrogen (secondary N) is 1. The van der Waals surface area contributed by atoms with Gasteiger partial charge >= 0.3 is 18.8 Å². The summed E-state index contributed by atoms with van der Waals surface area (Å²) in [5, 5.41) is 2.48. The number of anilines is 1. The zero-order valence-electron chi connectivity index (χ0n) is 19.4. The van der Waals surface area contributed by atoms with E-state index in [-0.39, 0.29) is 29.3 Å². The van der Waals surface area contributed by atoms with Gasteiger partial charge in [-0.2, -0.15) is 13.2 Å². The second-order valence-electron chi connectivity index (χ2n) is 7.91. The van der Waals surface area contributed by atoms with Gasteiger partial charge < -0.3 is 10.1 Å². The van der Waals surface area contributed by atoms with Crippen LogP contribution in [0.25, 0.3) is 4.85 Å². The fraction of sp³-hybridized carbons (Fsp3) is 0.111. The molecule has 0 radical (unpaired) electrons. The second kappa shape index (κ2) is 10.9. The highest BCUT2D eigenvalue weighted by Gasteiger charge is 2.32. The van der Waals surface area contributed by atoms with Crippen molar-refractivity contribution in [2.75, 3.05) is 5.32 Å². The van der Waals surface area contributed by atoms with Crippen LogP contribution < -0.4 is 10.1 Å². The van der Waals surface area contributed by atoms with Gasteiger partial charge in [0.2, 0.25) is 0 Å². The minimum atomic E-state index is -4.66. The van der Waals surface area contributed by atoms with Crippen LogP contribution in [0, 0.1) is 18.8 Å². The molecule has 10 heteroatoms. The maximum Gasteiger partial charge on any atom is 0.416 e. The van der Waals surface area contributed by atoms with Crippen LogP contribution >= 0.6 is 0 Å². The van der Waals surface area contributed by atoms with Crippen molar-refractivity contribution >= 4 is 11.6 Å². The summed E-state index contributed by atoms with van der Waals surface area (Å²) in [7, 11) is 0. The Hall–Kier alpha value is -4.78. The average molecular weight is 507 g/mol. The van der Waals surface area contributed by atoms with Crippen LogP contribution in [0.1, 0.15) is 32.7 Å². The number of pyridine rings is 2. The summed E-state index contributed by atoms with van der Waals surface area (Å²) >= 11 is 0. The molecule has 2 heterocycles. The van der Waals surface area contributed by atoms with E-state index < -0.39 is 23.5 Å². The molecule has 0 aliphatic heterocycles. The molecule has 0 saturated carbocycles. The summed E-state index contributed by atoms with van der Waals surface area (Å²) in [5.41, 5.74) is 0.798. The molecule has 186 valence electrons. The number of halogens is 4. The molecule has 0 fully saturated rings. The Labute approximate surface area is 209 Å². The quantitative estimate of drug-likeness (QED) is 0.300. The third-order valence-electron chi connectivity index (χ3n) is 5.08. The fourth-order valence-corrected chi connectivity index (χ4v) is 3.31. The highest BCUT2D eigenvalue weighted by molar-refractivity contribution is 6.04. The molecular formula is C27H19F4N4O2+. The number of ether oxygens (including phenoxy) is 1. The largest absolute Gasteiger partial charge is 0.456 e. The van der Waals surface area contributed by atoms with Crippen molar-refractivity contribution in [3.63, 3.8) is 0 Å². The number of hydrogen-bond donors (Lipinski definition) is 1. The average Bonchev–Trinajstić information content (AvgIpc) is 2.85. The van der Waals surface area contributed by atoms with Gasteiger partial charge in [-0.3, -0.25) is 9.78 Å². The zero-order chi connectivity index (χ0) is 26.4. The Bertz CT molecular complexity index is 1500. The molecule has 1 amide bonds. The molecule has 0 aliphatic carbocycles. The summed E-state index contributed by atoms with van der Waals surface area (Å²) in [6, 6.07) is 16.5. The monoisotopic (exact) mass is 507 g/mol. The lowest BCUT2D eigenvalue weighted by Crippen LogP contribution is -2.13. The molecule has 0 atom stereocenters. The van der Waals surface area contributed by atoms with Gasteiger partial charge in [-0.15, -0.1) is 0 Å². The summed E-state index contributed by atoms with van der Waals surface area (Å²) in [4.78, 5) is 24.8. The molecule has 0 spiro atoms. The summed E-state index contributed by atoms with van der Waals surface area (Å²) in [5.74, 6) is -0.944. The molecule has 0 saturated heterocycles. The first kappa shape index (κ1) is 25.3. The summed E-state index contributed by atoms with van der Waals surface area (Å²) in [6.45, 7) is 1.87. The van der Waals surface area contributed by atoms with Crippen LogP contribution in [0.2, 0.25) is 0 Å². The van der Waals surface area contributed by atoms with Gasteiger partial charge in [0.25, 0.3) is 5.91 Å². The molecule has 4 rings (SSSR count). The van der Waals surface area contributed by atoms with Gasteiger partial charge in [-0.25, -0.2) is 9.37 Å². The number of amides is 1. The van der Waals surface area contributed by atoms with E-state index in [0.29, 0.717) is 16.8 Å². The van der Waals surface area contributed by atoms with Crippen LogP contribution in [0.15, 0.2) is 79.3 Å². The zero-order valence-corrected chi connectivity index (χ0v) is 19.4. The highest BCUT2D eigenvalue weighted by atomic mass is 19.4. The smallest absolute Gasteiger partial charge is 0.416 e. The predicted molar refractivity (Wildman–Crippen MR) is 129 cm³/mol. The lowest BCUT2D eigenvalue weighted by molar-refractivity contribution is -0.137. The topological polar surface area (TPSA) is 68.5 Å². The van der Waals surface area contributed by atoms with Crippen LogP contribution in [-0.2, 0) is 12.7 Å². The van der Waals surface area contributed by atoms with Crippen LogP contribution in [0.4, 0.5) is 23.2 Å². The Balaban J connectivity index is 1.52. The molecular weight excluding hydrogens is 488 g/mol. The lowest BCUT2D eigenvalue weighted by atomic mass is 10.1. The van der Waals surface area contributed by atoms with Gasteiger partial charge in [0.15, 0.2) is 0 Å². The van der Waals surface area contributed by atoms with Crippen molar-refractivity contribution in [2.24, 2.45) is 0 Å². The first-order valence-electron chi connectivity index (χ1n) is 10.9. The predicted octanol–water partition coefficient (Wildman–Crippen LogP) is 6.87. The van der Waals surface area contributed by atoms with E-state index in [4.69, 9.17) is 4.74 Å². The number of carbonyl (C=O) groups is 1. The number of rotatable bonds is 5. The van der Waals surface area contributed by atoms with Crippen LogP contribution in [-0.4, -0.2) is 15.9 Å². The molecule has 2 aromatic heterocycles. The van der Waals surface area contributed by atoms with Gasteiger partial charge in [-0.05, 0) is 61.0 Å². The summed E-state index contributed by atoms with van der Waals surface area (Å²) in [6.07, 6.45) is -0.697. The normalized spacial score (nSPS) is 10.8. The third kappa shape index (κ3) is 6.89. The molecule has 4 aromatic rings. The van der Waals surface area contributed by atoms with E-state index in [2.05, 4.69) is 26.2 Å². The van der Waals surface area contributed by atoms with Crippen molar-refractivity contribution in [3.8, 4) is 17.6 Å². The molecule has 0 aliphatic rings. The van der Waals surface area contributed by atoms with Crippen LogP contribution in [0.5, 0.6) is 11.5 Å². The molecule has 0 bridgehead atoms. The number of nitrogens with zero attached hydrogens (tertiary/aromatic N) is 3. The highest BCUT2D eigenvalue weighted by Crippen LogP contribution is 2.35. The maximum absolute atomic E-state index is 13.5. The Morgan fingerprint density at radius 3 is 2.62 bits per heavy atom. The van der Waals surface area contributed by atoms with Crippen LogP contribution in [0.3, 0.4) is 0 Å². The van der Waals surface area contributed by atoms with E-state index >= 15 is 0 Å². The Kier molecular flexibility index (Phi) is 7.44. The van der Waals surface area contributed by atoms with E-state index in [1.807, 2.05) is 0 Å². The number of aryl methyl sites for hydroxylation is 1. The lowest BCUT2D eigenvalue weighted by Gasteiger charge is -2.14. The van der Waals surface area contributed by atoms with E-state index in [1.54, 1.807) is 31.2 Å². The van der Waals surface area contributed by atoms with E-state index in [0.717, 1.165) is 18.3 Å². The molecule has 37 heavy (non-hydrogen) atoms. The summed E-state index contributed by atoms with van der Waals surface area (Å²) < 4.78 is 59.1. The number of benzene rings is 2.